The average Bonchev–Trinajstić information content (AvgIpc) is 3.32. The molecule has 2 heterocycles. The Morgan fingerprint density at radius 2 is 1.90 bits per heavy atom. The maximum atomic E-state index is 12.2. The third-order valence-corrected chi connectivity index (χ3v) is 4.86. The fraction of sp³-hybridized carbons (Fsp3) is 0.130. The first kappa shape index (κ1) is 19.9. The van der Waals surface area contributed by atoms with Gasteiger partial charge in [0.15, 0.2) is 11.5 Å². The predicted molar refractivity (Wildman–Crippen MR) is 109 cm³/mol. The molecule has 4 rings (SSSR count). The van der Waals surface area contributed by atoms with Gasteiger partial charge in [0.1, 0.15) is 23.1 Å². The number of carbonyl (C=O) groups is 1. The van der Waals surface area contributed by atoms with E-state index in [1.807, 2.05) is 6.07 Å². The quantitative estimate of drug-likeness (QED) is 0.492. The van der Waals surface area contributed by atoms with Crippen LogP contribution in [-0.2, 0) is 0 Å². The molecule has 1 atom stereocenters. The monoisotopic (exact) mass is 418 g/mol. The summed E-state index contributed by atoms with van der Waals surface area (Å²) in [5, 5.41) is 9.72. The number of nitrogens with zero attached hydrogens (tertiary/aromatic N) is 1. The molecule has 0 fully saturated rings. The summed E-state index contributed by atoms with van der Waals surface area (Å²) in [6.07, 6.45) is 1.38. The Morgan fingerprint density at radius 1 is 1.10 bits per heavy atom. The number of allylic oxidation sites excluding steroid dienone is 1. The molecule has 0 unspecified atom stereocenters. The molecule has 0 radical (unpaired) electrons. The van der Waals surface area contributed by atoms with Gasteiger partial charge in [-0.3, -0.25) is 0 Å². The molecule has 8 heteroatoms. The Kier molecular flexibility index (Phi) is 5.24. The molecule has 0 amide bonds. The number of nitrogens with two attached hydrogens (primary N) is 1. The standard InChI is InChI=1S/C23H18N2O6/c1-27-17-8-5-13(10-20(17)28-2)21-15-7-6-14(30-23(26)18-4-3-9-29-18)11-19(15)31-22(25)16(21)12-24/h3-11,21H,25H2,1-2H3/t21-/m1/s1. The fourth-order valence-electron chi connectivity index (χ4n) is 3.43. The van der Waals surface area contributed by atoms with Crippen LogP contribution in [0.3, 0.4) is 0 Å². The van der Waals surface area contributed by atoms with Crippen LogP contribution in [0.25, 0.3) is 0 Å². The SMILES string of the molecule is COc1ccc([C@H]2C(C#N)=C(N)Oc3cc(OC(=O)c4ccco4)ccc32)cc1OC. The van der Waals surface area contributed by atoms with Gasteiger partial charge in [0.2, 0.25) is 11.6 Å². The number of carbonyl (C=O) groups excluding carboxylic acids is 1. The number of fused-ring (bicyclic) bond motifs is 1. The summed E-state index contributed by atoms with van der Waals surface area (Å²) < 4.78 is 26.8. The van der Waals surface area contributed by atoms with Crippen LogP contribution < -0.4 is 24.7 Å². The van der Waals surface area contributed by atoms with Crippen molar-refractivity contribution in [3.63, 3.8) is 0 Å². The van der Waals surface area contributed by atoms with Crippen molar-refractivity contribution in [2.24, 2.45) is 5.73 Å². The van der Waals surface area contributed by atoms with Crippen LogP contribution in [0.5, 0.6) is 23.0 Å². The van der Waals surface area contributed by atoms with E-state index in [-0.39, 0.29) is 23.0 Å². The molecule has 0 aliphatic carbocycles. The van der Waals surface area contributed by atoms with Gasteiger partial charge in [0, 0.05) is 11.6 Å². The minimum absolute atomic E-state index is 0.0238. The number of nitriles is 1. The first-order valence-electron chi connectivity index (χ1n) is 9.24. The first-order valence-corrected chi connectivity index (χ1v) is 9.24. The van der Waals surface area contributed by atoms with E-state index in [9.17, 15) is 10.1 Å². The Morgan fingerprint density at radius 3 is 2.58 bits per heavy atom. The van der Waals surface area contributed by atoms with Gasteiger partial charge in [-0.2, -0.15) is 5.26 Å². The summed E-state index contributed by atoms with van der Waals surface area (Å²) in [6, 6.07) is 15.5. The number of ether oxygens (including phenoxy) is 4. The number of esters is 1. The van der Waals surface area contributed by atoms with E-state index in [0.717, 1.165) is 5.56 Å². The topological polar surface area (TPSA) is 117 Å². The number of methoxy groups -OCH3 is 2. The lowest BCUT2D eigenvalue weighted by Gasteiger charge is -2.27. The summed E-state index contributed by atoms with van der Waals surface area (Å²) in [5.74, 6) is 0.627. The van der Waals surface area contributed by atoms with Crippen molar-refractivity contribution < 1.29 is 28.2 Å². The van der Waals surface area contributed by atoms with Gasteiger partial charge in [-0.1, -0.05) is 12.1 Å². The molecule has 0 saturated heterocycles. The second-order valence-electron chi connectivity index (χ2n) is 6.61. The molecular weight excluding hydrogens is 400 g/mol. The fourth-order valence-corrected chi connectivity index (χ4v) is 3.43. The van der Waals surface area contributed by atoms with Gasteiger partial charge in [0.25, 0.3) is 0 Å². The van der Waals surface area contributed by atoms with E-state index < -0.39 is 11.9 Å². The number of rotatable bonds is 5. The van der Waals surface area contributed by atoms with Crippen LogP contribution in [0.4, 0.5) is 0 Å². The van der Waals surface area contributed by atoms with Crippen LogP contribution in [0, 0.1) is 11.3 Å². The van der Waals surface area contributed by atoms with Gasteiger partial charge in [-0.25, -0.2) is 4.79 Å². The summed E-state index contributed by atoms with van der Waals surface area (Å²) >= 11 is 0. The maximum Gasteiger partial charge on any atom is 0.379 e. The molecule has 2 N–H and O–H groups in total. The van der Waals surface area contributed by atoms with Crippen molar-refractivity contribution in [3.05, 3.63) is 83.1 Å². The third kappa shape index (κ3) is 3.65. The third-order valence-electron chi connectivity index (χ3n) is 4.86. The average molecular weight is 418 g/mol. The number of hydrogen-bond donors (Lipinski definition) is 1. The van der Waals surface area contributed by atoms with E-state index in [0.29, 0.717) is 22.8 Å². The molecule has 156 valence electrons. The molecular formula is C23H18N2O6. The molecule has 0 spiro atoms. The Labute approximate surface area is 178 Å². The highest BCUT2D eigenvalue weighted by atomic mass is 16.5. The zero-order valence-electron chi connectivity index (χ0n) is 16.7. The molecule has 2 aromatic carbocycles. The largest absolute Gasteiger partial charge is 0.493 e. The molecule has 0 saturated carbocycles. The molecule has 8 nitrogen and oxygen atoms in total. The van der Waals surface area contributed by atoms with Crippen molar-refractivity contribution in [1.82, 2.24) is 0 Å². The lowest BCUT2D eigenvalue weighted by atomic mass is 9.83. The maximum absolute atomic E-state index is 12.2. The second-order valence-corrected chi connectivity index (χ2v) is 6.61. The van der Waals surface area contributed by atoms with Gasteiger partial charge in [-0.05, 0) is 35.9 Å². The van der Waals surface area contributed by atoms with Crippen molar-refractivity contribution in [2.45, 2.75) is 5.92 Å². The van der Waals surface area contributed by atoms with E-state index in [1.165, 1.54) is 19.4 Å². The minimum atomic E-state index is -0.640. The van der Waals surface area contributed by atoms with Crippen molar-refractivity contribution in [2.75, 3.05) is 14.2 Å². The van der Waals surface area contributed by atoms with Gasteiger partial charge < -0.3 is 29.1 Å². The van der Waals surface area contributed by atoms with E-state index in [1.54, 1.807) is 43.5 Å². The van der Waals surface area contributed by atoms with Crippen molar-refractivity contribution >= 4 is 5.97 Å². The lowest BCUT2D eigenvalue weighted by Crippen LogP contribution is -2.21. The van der Waals surface area contributed by atoms with E-state index in [2.05, 4.69) is 6.07 Å². The van der Waals surface area contributed by atoms with Crippen LogP contribution in [0.1, 0.15) is 27.6 Å². The lowest BCUT2D eigenvalue weighted by molar-refractivity contribution is 0.0701. The first-order chi connectivity index (χ1) is 15.0. The number of benzene rings is 2. The molecule has 1 aliphatic rings. The van der Waals surface area contributed by atoms with Crippen LogP contribution in [0.15, 0.2) is 70.7 Å². The van der Waals surface area contributed by atoms with Crippen LogP contribution in [0.2, 0.25) is 0 Å². The highest BCUT2D eigenvalue weighted by Gasteiger charge is 2.31. The number of furan rings is 1. The zero-order valence-corrected chi connectivity index (χ0v) is 16.7. The molecule has 3 aromatic rings. The van der Waals surface area contributed by atoms with Crippen LogP contribution >= 0.6 is 0 Å². The summed E-state index contributed by atoms with van der Waals surface area (Å²) in [4.78, 5) is 12.2. The van der Waals surface area contributed by atoms with Gasteiger partial charge in [-0.15, -0.1) is 0 Å². The highest BCUT2D eigenvalue weighted by Crippen LogP contribution is 2.45. The normalized spacial score (nSPS) is 14.8. The molecule has 0 bridgehead atoms. The molecule has 31 heavy (non-hydrogen) atoms. The minimum Gasteiger partial charge on any atom is -0.493 e. The Balaban J connectivity index is 1.74. The summed E-state index contributed by atoms with van der Waals surface area (Å²) in [5.41, 5.74) is 7.76. The van der Waals surface area contributed by atoms with E-state index >= 15 is 0 Å². The van der Waals surface area contributed by atoms with Crippen LogP contribution in [-0.4, -0.2) is 20.2 Å². The summed E-state index contributed by atoms with van der Waals surface area (Å²) in [7, 11) is 3.08. The van der Waals surface area contributed by atoms with Crippen molar-refractivity contribution in [1.29, 1.82) is 5.26 Å². The van der Waals surface area contributed by atoms with Gasteiger partial charge >= 0.3 is 5.97 Å². The van der Waals surface area contributed by atoms with E-state index in [4.69, 9.17) is 29.1 Å². The molecule has 1 aromatic heterocycles. The highest BCUT2D eigenvalue weighted by molar-refractivity contribution is 5.88. The summed E-state index contributed by atoms with van der Waals surface area (Å²) in [6.45, 7) is 0. The smallest absolute Gasteiger partial charge is 0.379 e. The van der Waals surface area contributed by atoms with Crippen molar-refractivity contribution in [3.8, 4) is 29.1 Å². The molecule has 1 aliphatic heterocycles. The Hall–Kier alpha value is -4.38. The second kappa shape index (κ2) is 8.16. The number of hydrogen-bond acceptors (Lipinski definition) is 8. The Bertz CT molecular complexity index is 1210. The predicted octanol–water partition coefficient (Wildman–Crippen LogP) is 3.73. The zero-order chi connectivity index (χ0) is 22.0. The van der Waals surface area contributed by atoms with Gasteiger partial charge in [0.05, 0.1) is 26.4 Å².